The van der Waals surface area contributed by atoms with E-state index in [0.29, 0.717) is 5.01 Å². The summed E-state index contributed by atoms with van der Waals surface area (Å²) < 4.78 is 18.4. The highest BCUT2D eigenvalue weighted by atomic mass is 35.5. The van der Waals surface area contributed by atoms with Gasteiger partial charge in [-0.3, -0.25) is 4.79 Å². The number of nitrogens with zero attached hydrogens (tertiary/aromatic N) is 2. The molecule has 0 aliphatic carbocycles. The minimum atomic E-state index is -0.993. The van der Waals surface area contributed by atoms with Gasteiger partial charge in [0.05, 0.1) is 11.1 Å². The molecule has 0 saturated carbocycles. The number of ether oxygens (including phenoxy) is 1. The molecule has 0 radical (unpaired) electrons. The van der Waals surface area contributed by atoms with Crippen LogP contribution in [0, 0.1) is 24.1 Å². The zero-order chi connectivity index (χ0) is 16.3. The zero-order valence-corrected chi connectivity index (χ0v) is 13.4. The van der Waals surface area contributed by atoms with Gasteiger partial charge < -0.3 is 4.74 Å². The summed E-state index contributed by atoms with van der Waals surface area (Å²) in [6.07, 6.45) is -0.906. The number of rotatable bonds is 5. The van der Waals surface area contributed by atoms with Crippen LogP contribution in [0.5, 0.6) is 5.75 Å². The number of aromatic nitrogens is 1. The monoisotopic (exact) mass is 338 g/mol. The minimum absolute atomic E-state index is 0.0678. The molecule has 2 unspecified atom stereocenters. The Kier molecular flexibility index (Phi) is 5.11. The number of thiazole rings is 1. The van der Waals surface area contributed by atoms with Crippen LogP contribution in [-0.4, -0.2) is 16.9 Å². The van der Waals surface area contributed by atoms with E-state index in [1.165, 1.54) is 30.4 Å². The van der Waals surface area contributed by atoms with Gasteiger partial charge in [0.1, 0.15) is 16.6 Å². The van der Waals surface area contributed by atoms with Gasteiger partial charge in [0.15, 0.2) is 17.8 Å². The Hall–Kier alpha value is -1.97. The van der Waals surface area contributed by atoms with Crippen LogP contribution in [0.3, 0.4) is 0 Å². The summed E-state index contributed by atoms with van der Waals surface area (Å²) in [5.74, 6) is -1.72. The molecule has 0 spiro atoms. The van der Waals surface area contributed by atoms with Crippen LogP contribution in [0.4, 0.5) is 4.39 Å². The Morgan fingerprint density at radius 1 is 1.55 bits per heavy atom. The second-order valence-corrected chi connectivity index (χ2v) is 5.92. The number of benzene rings is 1. The molecule has 1 aromatic carbocycles. The first-order valence-corrected chi connectivity index (χ1v) is 7.65. The Morgan fingerprint density at radius 2 is 2.27 bits per heavy atom. The van der Waals surface area contributed by atoms with E-state index in [9.17, 15) is 14.4 Å². The lowest BCUT2D eigenvalue weighted by Crippen LogP contribution is -2.28. The van der Waals surface area contributed by atoms with Crippen LogP contribution >= 0.6 is 22.9 Å². The first-order chi connectivity index (χ1) is 10.4. The maximum absolute atomic E-state index is 13.0. The van der Waals surface area contributed by atoms with Crippen molar-refractivity contribution in [3.8, 4) is 11.8 Å². The van der Waals surface area contributed by atoms with Crippen LogP contribution in [0.25, 0.3) is 0 Å². The van der Waals surface area contributed by atoms with Crippen LogP contribution < -0.4 is 4.74 Å². The molecule has 2 atom stereocenters. The largest absolute Gasteiger partial charge is 0.481 e. The molecule has 0 N–H and O–H groups in total. The minimum Gasteiger partial charge on any atom is -0.481 e. The highest BCUT2D eigenvalue weighted by molar-refractivity contribution is 7.09. The molecule has 2 aromatic rings. The van der Waals surface area contributed by atoms with E-state index < -0.39 is 23.6 Å². The van der Waals surface area contributed by atoms with E-state index in [1.807, 2.05) is 6.07 Å². The standard InChI is InChI=1S/C15H12ClFN2O2S/c1-8-7-22-15(19-8)11(6-18)14(20)9(2)21-13-4-3-10(17)5-12(13)16/h3-5,7,9,11H,1-2H3. The lowest BCUT2D eigenvalue weighted by atomic mass is 10.0. The molecule has 0 fully saturated rings. The lowest BCUT2D eigenvalue weighted by Gasteiger charge is -2.16. The van der Waals surface area contributed by atoms with Crippen molar-refractivity contribution in [2.75, 3.05) is 0 Å². The third-order valence-corrected chi connectivity index (χ3v) is 4.22. The van der Waals surface area contributed by atoms with Gasteiger partial charge in [-0.15, -0.1) is 11.3 Å². The van der Waals surface area contributed by atoms with Gasteiger partial charge in [-0.05, 0) is 32.0 Å². The number of aryl methyl sites for hydroxylation is 1. The smallest absolute Gasteiger partial charge is 0.196 e. The fraction of sp³-hybridized carbons (Fsp3) is 0.267. The van der Waals surface area contributed by atoms with E-state index in [4.69, 9.17) is 16.3 Å². The molecule has 114 valence electrons. The molecular formula is C15H12ClFN2O2S. The fourth-order valence-electron chi connectivity index (χ4n) is 1.80. The summed E-state index contributed by atoms with van der Waals surface area (Å²) in [5.41, 5.74) is 0.753. The average molecular weight is 339 g/mol. The predicted molar refractivity (Wildman–Crippen MR) is 81.7 cm³/mol. The zero-order valence-electron chi connectivity index (χ0n) is 11.8. The number of hydrogen-bond acceptors (Lipinski definition) is 5. The van der Waals surface area contributed by atoms with Crippen molar-refractivity contribution in [3.63, 3.8) is 0 Å². The van der Waals surface area contributed by atoms with Crippen LogP contribution in [-0.2, 0) is 4.79 Å². The van der Waals surface area contributed by atoms with Crippen molar-refractivity contribution >= 4 is 28.7 Å². The van der Waals surface area contributed by atoms with Gasteiger partial charge in [-0.25, -0.2) is 9.37 Å². The first-order valence-electron chi connectivity index (χ1n) is 6.39. The van der Waals surface area contributed by atoms with Crippen molar-refractivity contribution in [3.05, 3.63) is 45.1 Å². The Morgan fingerprint density at radius 3 is 2.82 bits per heavy atom. The third-order valence-electron chi connectivity index (χ3n) is 2.90. The molecule has 0 aliphatic rings. The van der Waals surface area contributed by atoms with Crippen LogP contribution in [0.1, 0.15) is 23.5 Å². The van der Waals surface area contributed by atoms with Crippen molar-refractivity contribution in [1.82, 2.24) is 4.98 Å². The summed E-state index contributed by atoms with van der Waals surface area (Å²) in [7, 11) is 0. The summed E-state index contributed by atoms with van der Waals surface area (Å²) in [6, 6.07) is 5.57. The number of nitriles is 1. The van der Waals surface area contributed by atoms with Gasteiger partial charge in [-0.1, -0.05) is 11.6 Å². The van der Waals surface area contributed by atoms with Gasteiger partial charge in [-0.2, -0.15) is 5.26 Å². The number of ketones is 1. The maximum atomic E-state index is 13.0. The predicted octanol–water partition coefficient (Wildman–Crippen LogP) is 3.89. The first kappa shape index (κ1) is 16.4. The number of carbonyl (C=O) groups is 1. The molecule has 22 heavy (non-hydrogen) atoms. The normalized spacial score (nSPS) is 13.2. The molecule has 0 bridgehead atoms. The molecule has 1 heterocycles. The van der Waals surface area contributed by atoms with E-state index in [2.05, 4.69) is 4.98 Å². The Bertz CT molecular complexity index is 741. The quantitative estimate of drug-likeness (QED) is 0.829. The third kappa shape index (κ3) is 3.62. The number of Topliss-reactive ketones (excluding diaryl/α,β-unsaturated/α-hetero) is 1. The second kappa shape index (κ2) is 6.86. The van der Waals surface area contributed by atoms with Crippen molar-refractivity contribution in [1.29, 1.82) is 5.26 Å². The molecule has 4 nitrogen and oxygen atoms in total. The fourth-order valence-corrected chi connectivity index (χ4v) is 2.86. The summed E-state index contributed by atoms with van der Waals surface area (Å²) in [4.78, 5) is 16.5. The van der Waals surface area contributed by atoms with Gasteiger partial charge in [0.2, 0.25) is 0 Å². The van der Waals surface area contributed by atoms with Gasteiger partial charge in [0.25, 0.3) is 0 Å². The highest BCUT2D eigenvalue weighted by Gasteiger charge is 2.29. The number of hydrogen-bond donors (Lipinski definition) is 0. The molecule has 2 rings (SSSR count). The highest BCUT2D eigenvalue weighted by Crippen LogP contribution is 2.28. The van der Waals surface area contributed by atoms with E-state index in [1.54, 1.807) is 12.3 Å². The van der Waals surface area contributed by atoms with Crippen LogP contribution in [0.2, 0.25) is 5.02 Å². The second-order valence-electron chi connectivity index (χ2n) is 4.63. The van der Waals surface area contributed by atoms with E-state index >= 15 is 0 Å². The summed E-state index contributed by atoms with van der Waals surface area (Å²) in [5, 5.41) is 11.5. The molecule has 0 saturated heterocycles. The summed E-state index contributed by atoms with van der Waals surface area (Å²) in [6.45, 7) is 3.31. The molecular weight excluding hydrogens is 327 g/mol. The van der Waals surface area contributed by atoms with E-state index in [0.717, 1.165) is 11.8 Å². The van der Waals surface area contributed by atoms with Crippen molar-refractivity contribution < 1.29 is 13.9 Å². The summed E-state index contributed by atoms with van der Waals surface area (Å²) >= 11 is 7.11. The topological polar surface area (TPSA) is 63.0 Å². The van der Waals surface area contributed by atoms with Crippen molar-refractivity contribution in [2.24, 2.45) is 0 Å². The molecule has 0 aliphatic heterocycles. The van der Waals surface area contributed by atoms with E-state index in [-0.39, 0.29) is 10.8 Å². The molecule has 0 amide bonds. The average Bonchev–Trinajstić information content (AvgIpc) is 2.89. The van der Waals surface area contributed by atoms with Gasteiger partial charge in [0, 0.05) is 11.1 Å². The number of halogens is 2. The van der Waals surface area contributed by atoms with Crippen molar-refractivity contribution in [2.45, 2.75) is 25.9 Å². The Balaban J connectivity index is 2.16. The lowest BCUT2D eigenvalue weighted by molar-refractivity contribution is -0.125. The SMILES string of the molecule is Cc1csc(C(C#N)C(=O)C(C)Oc2ccc(F)cc2Cl)n1. The maximum Gasteiger partial charge on any atom is 0.196 e. The Labute approximate surface area is 136 Å². The van der Waals surface area contributed by atoms with Gasteiger partial charge >= 0.3 is 0 Å². The van der Waals surface area contributed by atoms with Crippen LogP contribution in [0.15, 0.2) is 23.6 Å². The molecule has 1 aromatic heterocycles. The molecule has 7 heteroatoms. The number of carbonyl (C=O) groups excluding carboxylic acids is 1.